The highest BCUT2D eigenvalue weighted by atomic mass is 35.5. The van der Waals surface area contributed by atoms with E-state index in [1.807, 2.05) is 29.2 Å². The Bertz CT molecular complexity index is 1250. The first-order valence-corrected chi connectivity index (χ1v) is 10.4. The van der Waals surface area contributed by atoms with Crippen molar-refractivity contribution >= 4 is 29.5 Å². The van der Waals surface area contributed by atoms with E-state index in [9.17, 15) is 10.1 Å². The number of piperazine rings is 1. The van der Waals surface area contributed by atoms with Crippen molar-refractivity contribution in [2.75, 3.05) is 43.1 Å². The van der Waals surface area contributed by atoms with Crippen molar-refractivity contribution in [3.63, 3.8) is 0 Å². The standard InChI is InChI=1S/C23H21N5O5.ClH/c1-31-18-7-5-17(6-8-18)26-10-12-27(13-11-26)19-9-4-16(15-20(19)28(29)30)23-24-22(25-33-23)21-3-2-14-32-21;/h2-9,14-15H,10-13H2,1H3;1H. The molecule has 176 valence electrons. The van der Waals surface area contributed by atoms with Crippen molar-refractivity contribution in [3.05, 3.63) is 71.0 Å². The molecule has 0 saturated carbocycles. The second-order valence-electron chi connectivity index (χ2n) is 7.53. The maximum atomic E-state index is 11.9. The van der Waals surface area contributed by atoms with E-state index in [1.165, 1.54) is 12.3 Å². The van der Waals surface area contributed by atoms with Crippen LogP contribution in [0.15, 0.2) is 69.8 Å². The predicted molar refractivity (Wildman–Crippen MR) is 129 cm³/mol. The van der Waals surface area contributed by atoms with E-state index < -0.39 is 0 Å². The number of ether oxygens (including phenoxy) is 1. The summed E-state index contributed by atoms with van der Waals surface area (Å²) in [6.45, 7) is 2.83. The third kappa shape index (κ3) is 4.53. The lowest BCUT2D eigenvalue weighted by Gasteiger charge is -2.37. The van der Waals surface area contributed by atoms with Crippen LogP contribution in [0.3, 0.4) is 0 Å². The minimum Gasteiger partial charge on any atom is -0.497 e. The van der Waals surface area contributed by atoms with E-state index in [1.54, 1.807) is 31.4 Å². The Labute approximate surface area is 201 Å². The molecular formula is C23H22ClN5O5. The molecule has 4 aromatic rings. The fourth-order valence-electron chi connectivity index (χ4n) is 3.92. The minimum atomic E-state index is -0.376. The van der Waals surface area contributed by atoms with E-state index in [-0.39, 0.29) is 34.7 Å². The van der Waals surface area contributed by atoms with Gasteiger partial charge in [0.15, 0.2) is 5.76 Å². The molecule has 10 nitrogen and oxygen atoms in total. The molecule has 5 rings (SSSR count). The zero-order chi connectivity index (χ0) is 22.8. The van der Waals surface area contributed by atoms with Gasteiger partial charge in [-0.25, -0.2) is 0 Å². The third-order valence-corrected chi connectivity index (χ3v) is 5.64. The fourth-order valence-corrected chi connectivity index (χ4v) is 3.92. The van der Waals surface area contributed by atoms with Crippen LogP contribution >= 0.6 is 12.4 Å². The number of hydrogen-bond donors (Lipinski definition) is 0. The molecule has 34 heavy (non-hydrogen) atoms. The molecule has 11 heteroatoms. The monoisotopic (exact) mass is 483 g/mol. The van der Waals surface area contributed by atoms with Gasteiger partial charge in [0, 0.05) is 43.5 Å². The lowest BCUT2D eigenvalue weighted by molar-refractivity contribution is -0.384. The molecule has 0 aliphatic carbocycles. The number of methoxy groups -OCH3 is 1. The van der Waals surface area contributed by atoms with Crippen LogP contribution in [0.1, 0.15) is 0 Å². The van der Waals surface area contributed by atoms with E-state index in [4.69, 9.17) is 13.7 Å². The summed E-state index contributed by atoms with van der Waals surface area (Å²) in [5, 5.41) is 15.8. The van der Waals surface area contributed by atoms with Crippen LogP contribution in [0.5, 0.6) is 5.75 Å². The highest BCUT2D eigenvalue weighted by Gasteiger charge is 2.25. The molecular weight excluding hydrogens is 462 g/mol. The lowest BCUT2D eigenvalue weighted by atomic mass is 10.1. The van der Waals surface area contributed by atoms with Gasteiger partial charge in [-0.2, -0.15) is 4.98 Å². The van der Waals surface area contributed by atoms with Crippen molar-refractivity contribution in [2.45, 2.75) is 0 Å². The molecule has 0 radical (unpaired) electrons. The average molecular weight is 484 g/mol. The highest BCUT2D eigenvalue weighted by Crippen LogP contribution is 2.34. The quantitative estimate of drug-likeness (QED) is 0.285. The van der Waals surface area contributed by atoms with Gasteiger partial charge < -0.3 is 23.5 Å². The topological polar surface area (TPSA) is 111 Å². The van der Waals surface area contributed by atoms with Crippen molar-refractivity contribution in [2.24, 2.45) is 0 Å². The Morgan fingerprint density at radius 1 is 1.03 bits per heavy atom. The normalized spacial score (nSPS) is 13.4. The molecule has 0 atom stereocenters. The number of benzene rings is 2. The van der Waals surface area contributed by atoms with Gasteiger partial charge in [-0.15, -0.1) is 12.4 Å². The van der Waals surface area contributed by atoms with Crippen LogP contribution in [-0.2, 0) is 0 Å². The molecule has 0 spiro atoms. The van der Waals surface area contributed by atoms with Gasteiger partial charge in [0.2, 0.25) is 5.82 Å². The van der Waals surface area contributed by atoms with Crippen molar-refractivity contribution < 1.29 is 18.6 Å². The van der Waals surface area contributed by atoms with Crippen molar-refractivity contribution in [1.29, 1.82) is 0 Å². The first kappa shape index (κ1) is 23.1. The van der Waals surface area contributed by atoms with Gasteiger partial charge in [-0.1, -0.05) is 5.16 Å². The Morgan fingerprint density at radius 3 is 2.41 bits per heavy atom. The molecule has 1 saturated heterocycles. The summed E-state index contributed by atoms with van der Waals surface area (Å²) in [6.07, 6.45) is 1.51. The predicted octanol–water partition coefficient (Wildman–Crippen LogP) is 4.66. The van der Waals surface area contributed by atoms with Crippen LogP contribution in [0.4, 0.5) is 17.1 Å². The number of nitro groups is 1. The first-order valence-electron chi connectivity index (χ1n) is 10.4. The number of nitrogens with zero attached hydrogens (tertiary/aromatic N) is 5. The number of rotatable bonds is 6. The third-order valence-electron chi connectivity index (χ3n) is 5.64. The molecule has 0 unspecified atom stereocenters. The van der Waals surface area contributed by atoms with E-state index >= 15 is 0 Å². The van der Waals surface area contributed by atoms with Crippen LogP contribution in [0.25, 0.3) is 23.0 Å². The molecule has 0 N–H and O–H groups in total. The molecule has 1 fully saturated rings. The molecule has 2 aromatic heterocycles. The SMILES string of the molecule is COc1ccc(N2CCN(c3ccc(-c4nc(-c5ccco5)no4)cc3[N+](=O)[O-])CC2)cc1.Cl. The lowest BCUT2D eigenvalue weighted by Crippen LogP contribution is -2.46. The minimum absolute atomic E-state index is 0. The molecule has 0 bridgehead atoms. The van der Waals surface area contributed by atoms with Gasteiger partial charge >= 0.3 is 0 Å². The summed E-state index contributed by atoms with van der Waals surface area (Å²) >= 11 is 0. The smallest absolute Gasteiger partial charge is 0.293 e. The number of aromatic nitrogens is 2. The largest absolute Gasteiger partial charge is 0.497 e. The zero-order valence-electron chi connectivity index (χ0n) is 18.3. The Morgan fingerprint density at radius 2 is 1.76 bits per heavy atom. The maximum Gasteiger partial charge on any atom is 0.293 e. The number of furan rings is 1. The number of anilines is 2. The van der Waals surface area contributed by atoms with Crippen LogP contribution in [0, 0.1) is 10.1 Å². The maximum absolute atomic E-state index is 11.9. The van der Waals surface area contributed by atoms with Gasteiger partial charge in [0.1, 0.15) is 11.4 Å². The number of nitro benzene ring substituents is 1. The number of halogens is 1. The molecule has 1 aliphatic rings. The van der Waals surface area contributed by atoms with Crippen LogP contribution in [0.2, 0.25) is 0 Å². The first-order chi connectivity index (χ1) is 16.1. The molecule has 2 aromatic carbocycles. The van der Waals surface area contributed by atoms with Crippen molar-refractivity contribution in [1.82, 2.24) is 10.1 Å². The summed E-state index contributed by atoms with van der Waals surface area (Å²) in [4.78, 5) is 20.1. The van der Waals surface area contributed by atoms with Gasteiger partial charge in [0.05, 0.1) is 18.3 Å². The van der Waals surface area contributed by atoms with E-state index in [0.29, 0.717) is 30.1 Å². The fraction of sp³-hybridized carbons (Fsp3) is 0.217. The Balaban J connectivity index is 0.00000274. The molecule has 0 amide bonds. The molecule has 1 aliphatic heterocycles. The van der Waals surface area contributed by atoms with E-state index in [0.717, 1.165) is 24.5 Å². The Kier molecular flexibility index (Phi) is 6.69. The second-order valence-corrected chi connectivity index (χ2v) is 7.53. The zero-order valence-corrected chi connectivity index (χ0v) is 19.1. The summed E-state index contributed by atoms with van der Waals surface area (Å²) in [6, 6.07) is 16.3. The molecule has 3 heterocycles. The van der Waals surface area contributed by atoms with Crippen molar-refractivity contribution in [3.8, 4) is 28.8 Å². The van der Waals surface area contributed by atoms with E-state index in [2.05, 4.69) is 15.0 Å². The van der Waals surface area contributed by atoms with Crippen LogP contribution in [-0.4, -0.2) is 48.4 Å². The van der Waals surface area contributed by atoms with Gasteiger partial charge in [0.25, 0.3) is 11.6 Å². The Hall–Kier alpha value is -4.05. The summed E-state index contributed by atoms with van der Waals surface area (Å²) in [7, 11) is 1.64. The average Bonchev–Trinajstić information content (AvgIpc) is 3.56. The van der Waals surface area contributed by atoms with Crippen LogP contribution < -0.4 is 14.5 Å². The summed E-state index contributed by atoms with van der Waals surface area (Å²) in [5.74, 6) is 1.76. The summed E-state index contributed by atoms with van der Waals surface area (Å²) in [5.41, 5.74) is 2.16. The highest BCUT2D eigenvalue weighted by molar-refractivity contribution is 5.85. The summed E-state index contributed by atoms with van der Waals surface area (Å²) < 4.78 is 15.8. The van der Waals surface area contributed by atoms with Gasteiger partial charge in [-0.3, -0.25) is 10.1 Å². The van der Waals surface area contributed by atoms with Gasteiger partial charge in [-0.05, 0) is 48.5 Å². The number of hydrogen-bond acceptors (Lipinski definition) is 9. The second kappa shape index (κ2) is 9.84.